The molecule has 2 rings (SSSR count). The number of nitrogens with one attached hydrogen (secondary N) is 1. The number of benzene rings is 1. The highest BCUT2D eigenvalue weighted by molar-refractivity contribution is 14.1. The van der Waals surface area contributed by atoms with Gasteiger partial charge < -0.3 is 14.6 Å². The highest BCUT2D eigenvalue weighted by Gasteiger charge is 2.02. The lowest BCUT2D eigenvalue weighted by molar-refractivity contribution is -0.120. The summed E-state index contributed by atoms with van der Waals surface area (Å²) in [5.41, 5.74) is 0.732. The Kier molecular flexibility index (Phi) is 4.96. The lowest BCUT2D eigenvalue weighted by Gasteiger charge is -2.04. The van der Waals surface area contributed by atoms with Crippen molar-refractivity contribution in [3.63, 3.8) is 0 Å². The Morgan fingerprint density at radius 3 is 3.05 bits per heavy atom. The molecule has 1 amide bonds. The van der Waals surface area contributed by atoms with Crippen molar-refractivity contribution in [1.82, 2.24) is 0 Å². The molecule has 6 heteroatoms. The molecule has 0 aliphatic heterocycles. The number of carbonyl (C=O) groups is 1. The lowest BCUT2D eigenvalue weighted by atomic mass is 10.3. The van der Waals surface area contributed by atoms with Gasteiger partial charge in [-0.2, -0.15) is 0 Å². The Hall–Kier alpha value is -1.83. The van der Waals surface area contributed by atoms with Gasteiger partial charge in [0, 0.05) is 9.26 Å². The molecule has 1 N–H and O–H groups in total. The number of furan rings is 1. The fourth-order valence-electron chi connectivity index (χ4n) is 1.31. The van der Waals surface area contributed by atoms with E-state index in [-0.39, 0.29) is 12.5 Å². The quantitative estimate of drug-likeness (QED) is 0.500. The van der Waals surface area contributed by atoms with E-state index in [1.807, 2.05) is 24.3 Å². The number of oxime groups is 1. The van der Waals surface area contributed by atoms with Crippen molar-refractivity contribution in [3.05, 3.63) is 52.0 Å². The highest BCUT2D eigenvalue weighted by atomic mass is 127. The summed E-state index contributed by atoms with van der Waals surface area (Å²) in [5, 5.41) is 6.34. The number of hydrogen-bond acceptors (Lipinski definition) is 4. The molecule has 2 aromatic rings. The monoisotopic (exact) mass is 370 g/mol. The maximum atomic E-state index is 11.5. The standard InChI is InChI=1S/C13H11IN2O3/c14-10-3-1-4-11(7-10)16-13(17)9-19-15-8-12-5-2-6-18-12/h1-8H,9H2,(H,16,17)/b15-8+. The highest BCUT2D eigenvalue weighted by Crippen LogP contribution is 2.12. The number of carbonyl (C=O) groups excluding carboxylic acids is 1. The van der Waals surface area contributed by atoms with Crippen LogP contribution >= 0.6 is 22.6 Å². The van der Waals surface area contributed by atoms with Gasteiger partial charge in [-0.05, 0) is 52.9 Å². The molecule has 0 atom stereocenters. The van der Waals surface area contributed by atoms with E-state index in [1.54, 1.807) is 12.1 Å². The van der Waals surface area contributed by atoms with Crippen LogP contribution in [-0.2, 0) is 9.63 Å². The zero-order valence-corrected chi connectivity index (χ0v) is 12.0. The molecule has 0 saturated heterocycles. The predicted octanol–water partition coefficient (Wildman–Crippen LogP) is 2.87. The summed E-state index contributed by atoms with van der Waals surface area (Å²) in [6.07, 6.45) is 2.93. The van der Waals surface area contributed by atoms with E-state index in [0.29, 0.717) is 5.76 Å². The van der Waals surface area contributed by atoms with E-state index in [1.165, 1.54) is 12.5 Å². The largest absolute Gasteiger partial charge is 0.463 e. The first-order valence-electron chi connectivity index (χ1n) is 5.48. The molecule has 5 nitrogen and oxygen atoms in total. The molecule has 0 saturated carbocycles. The summed E-state index contributed by atoms with van der Waals surface area (Å²) >= 11 is 2.18. The smallest absolute Gasteiger partial charge is 0.265 e. The molecule has 1 heterocycles. The first-order chi connectivity index (χ1) is 9.24. The Labute approximate surface area is 123 Å². The number of amides is 1. The van der Waals surface area contributed by atoms with Gasteiger partial charge in [0.1, 0.15) is 12.0 Å². The minimum Gasteiger partial charge on any atom is -0.463 e. The lowest BCUT2D eigenvalue weighted by Crippen LogP contribution is -2.16. The van der Waals surface area contributed by atoms with Crippen LogP contribution in [0.3, 0.4) is 0 Å². The van der Waals surface area contributed by atoms with Crippen molar-refractivity contribution in [2.75, 3.05) is 11.9 Å². The number of anilines is 1. The molecule has 0 spiro atoms. The van der Waals surface area contributed by atoms with Crippen LogP contribution in [0, 0.1) is 3.57 Å². The maximum absolute atomic E-state index is 11.5. The third-order valence-corrected chi connectivity index (χ3v) is 2.77. The molecular weight excluding hydrogens is 359 g/mol. The van der Waals surface area contributed by atoms with Gasteiger partial charge in [0.15, 0.2) is 6.61 Å². The van der Waals surface area contributed by atoms with E-state index in [4.69, 9.17) is 9.25 Å². The average molecular weight is 370 g/mol. The maximum Gasteiger partial charge on any atom is 0.265 e. The van der Waals surface area contributed by atoms with Crippen LogP contribution in [-0.4, -0.2) is 18.7 Å². The van der Waals surface area contributed by atoms with Gasteiger partial charge in [-0.25, -0.2) is 0 Å². The van der Waals surface area contributed by atoms with Gasteiger partial charge in [-0.1, -0.05) is 11.2 Å². The summed E-state index contributed by atoms with van der Waals surface area (Å²) in [7, 11) is 0. The number of hydrogen-bond donors (Lipinski definition) is 1. The predicted molar refractivity (Wildman–Crippen MR) is 80.0 cm³/mol. The van der Waals surface area contributed by atoms with Crippen molar-refractivity contribution in [2.24, 2.45) is 5.16 Å². The van der Waals surface area contributed by atoms with E-state index in [9.17, 15) is 4.79 Å². The SMILES string of the molecule is O=C(CO/N=C/c1ccco1)Nc1cccc(I)c1. The second-order valence-electron chi connectivity index (χ2n) is 3.58. The normalized spacial score (nSPS) is 10.6. The van der Waals surface area contributed by atoms with Crippen LogP contribution in [0.1, 0.15) is 5.76 Å². The number of rotatable bonds is 5. The van der Waals surface area contributed by atoms with E-state index >= 15 is 0 Å². The molecular formula is C13H11IN2O3. The van der Waals surface area contributed by atoms with E-state index in [2.05, 4.69) is 33.1 Å². The number of nitrogens with zero attached hydrogens (tertiary/aromatic N) is 1. The summed E-state index contributed by atoms with van der Waals surface area (Å²) in [4.78, 5) is 16.4. The Morgan fingerprint density at radius 2 is 2.32 bits per heavy atom. The van der Waals surface area contributed by atoms with Crippen molar-refractivity contribution < 1.29 is 14.0 Å². The van der Waals surface area contributed by atoms with Gasteiger partial charge >= 0.3 is 0 Å². The third-order valence-electron chi connectivity index (χ3n) is 2.10. The van der Waals surface area contributed by atoms with Crippen LogP contribution in [0.25, 0.3) is 0 Å². The summed E-state index contributed by atoms with van der Waals surface area (Å²) < 4.78 is 6.07. The van der Waals surface area contributed by atoms with Crippen molar-refractivity contribution in [2.45, 2.75) is 0 Å². The summed E-state index contributed by atoms with van der Waals surface area (Å²) in [6.45, 7) is -0.150. The molecule has 0 aliphatic rings. The molecule has 19 heavy (non-hydrogen) atoms. The second kappa shape index (κ2) is 6.93. The molecule has 0 aliphatic carbocycles. The van der Waals surface area contributed by atoms with Crippen LogP contribution < -0.4 is 5.32 Å². The van der Waals surface area contributed by atoms with Crippen molar-refractivity contribution >= 4 is 40.4 Å². The zero-order valence-electron chi connectivity index (χ0n) is 9.88. The fourth-order valence-corrected chi connectivity index (χ4v) is 1.86. The van der Waals surface area contributed by atoms with E-state index in [0.717, 1.165) is 9.26 Å². The molecule has 0 radical (unpaired) electrons. The van der Waals surface area contributed by atoms with Crippen molar-refractivity contribution in [3.8, 4) is 0 Å². The number of halogens is 1. The summed E-state index contributed by atoms with van der Waals surface area (Å²) in [5.74, 6) is 0.302. The topological polar surface area (TPSA) is 63.8 Å². The molecule has 1 aromatic carbocycles. The molecule has 98 valence electrons. The molecule has 1 aromatic heterocycles. The molecule has 0 fully saturated rings. The molecule has 0 unspecified atom stereocenters. The molecule has 0 bridgehead atoms. The van der Waals surface area contributed by atoms with Crippen LogP contribution in [0.5, 0.6) is 0 Å². The zero-order chi connectivity index (χ0) is 13.5. The van der Waals surface area contributed by atoms with Crippen LogP contribution in [0.4, 0.5) is 5.69 Å². The second-order valence-corrected chi connectivity index (χ2v) is 4.83. The van der Waals surface area contributed by atoms with E-state index < -0.39 is 0 Å². The average Bonchev–Trinajstić information content (AvgIpc) is 2.88. The van der Waals surface area contributed by atoms with Crippen molar-refractivity contribution in [1.29, 1.82) is 0 Å². The van der Waals surface area contributed by atoms with Gasteiger partial charge in [-0.15, -0.1) is 0 Å². The minimum atomic E-state index is -0.265. The van der Waals surface area contributed by atoms with Gasteiger partial charge in [0.2, 0.25) is 0 Å². The summed E-state index contributed by atoms with van der Waals surface area (Å²) in [6, 6.07) is 11.0. The fraction of sp³-hybridized carbons (Fsp3) is 0.0769. The third kappa shape index (κ3) is 4.74. The Morgan fingerprint density at radius 1 is 1.42 bits per heavy atom. The van der Waals surface area contributed by atoms with Gasteiger partial charge in [0.05, 0.1) is 6.26 Å². The van der Waals surface area contributed by atoms with Crippen LogP contribution in [0.15, 0.2) is 52.2 Å². The first kappa shape index (κ1) is 13.6. The van der Waals surface area contributed by atoms with Crippen LogP contribution in [0.2, 0.25) is 0 Å². The van der Waals surface area contributed by atoms with Gasteiger partial charge in [-0.3, -0.25) is 4.79 Å². The Bertz CT molecular complexity index is 567. The van der Waals surface area contributed by atoms with Gasteiger partial charge in [0.25, 0.3) is 5.91 Å². The first-order valence-corrected chi connectivity index (χ1v) is 6.56. The Balaban J connectivity index is 1.76. The minimum absolute atomic E-state index is 0.150.